The number of hydrogen-bond donors (Lipinski definition) is 1. The van der Waals surface area contributed by atoms with Crippen LogP contribution in [-0.4, -0.2) is 18.7 Å². The van der Waals surface area contributed by atoms with Crippen molar-refractivity contribution in [2.24, 2.45) is 0 Å². The van der Waals surface area contributed by atoms with Crippen molar-refractivity contribution in [3.63, 3.8) is 0 Å². The van der Waals surface area contributed by atoms with Gasteiger partial charge in [0.1, 0.15) is 17.2 Å². The van der Waals surface area contributed by atoms with Crippen LogP contribution in [-0.2, 0) is 0 Å². The van der Waals surface area contributed by atoms with E-state index in [0.29, 0.717) is 52.7 Å². The highest BCUT2D eigenvalue weighted by atomic mass is 19.1. The first-order valence-corrected chi connectivity index (χ1v) is 10.6. The highest BCUT2D eigenvalue weighted by Gasteiger charge is 2.22. The zero-order valence-electron chi connectivity index (χ0n) is 18.0. The summed E-state index contributed by atoms with van der Waals surface area (Å²) < 4.78 is 19.4. The number of ketones is 1. The van der Waals surface area contributed by atoms with Crippen LogP contribution in [0.2, 0.25) is 0 Å². The van der Waals surface area contributed by atoms with Crippen molar-refractivity contribution >= 4 is 22.7 Å². The van der Waals surface area contributed by atoms with Crippen LogP contribution in [0.25, 0.3) is 33.4 Å². The summed E-state index contributed by atoms with van der Waals surface area (Å²) in [6.45, 7) is 0. The Labute approximate surface area is 190 Å². The van der Waals surface area contributed by atoms with Gasteiger partial charge in [0.2, 0.25) is 0 Å². The van der Waals surface area contributed by atoms with Crippen LogP contribution in [0.5, 0.6) is 0 Å². The lowest BCUT2D eigenvalue weighted by molar-refractivity contribution is 0.0961. The predicted octanol–water partition coefficient (Wildman–Crippen LogP) is 6.14. The Bertz CT molecular complexity index is 1380. The van der Waals surface area contributed by atoms with E-state index in [4.69, 9.17) is 9.68 Å². The molecule has 0 saturated heterocycles. The molecule has 1 amide bonds. The van der Waals surface area contributed by atoms with Crippen molar-refractivity contribution < 1.29 is 18.4 Å². The van der Waals surface area contributed by atoms with Gasteiger partial charge in [0, 0.05) is 36.4 Å². The topological polar surface area (TPSA) is 83.1 Å². The van der Waals surface area contributed by atoms with Gasteiger partial charge in [-0.25, -0.2) is 4.39 Å². The van der Waals surface area contributed by atoms with E-state index in [1.165, 1.54) is 12.1 Å². The molecule has 1 heterocycles. The van der Waals surface area contributed by atoms with Gasteiger partial charge in [-0.05, 0) is 60.0 Å². The van der Waals surface area contributed by atoms with E-state index in [9.17, 15) is 14.0 Å². The smallest absolute Gasteiger partial charge is 0.255 e. The third-order valence-corrected chi connectivity index (χ3v) is 5.46. The number of nitriles is 1. The number of Topliss-reactive ketones (excluding diaryl/α,β-unsaturated/α-hetero) is 1. The molecule has 4 aromatic rings. The van der Waals surface area contributed by atoms with Crippen LogP contribution in [0.15, 0.2) is 71.1 Å². The van der Waals surface area contributed by atoms with E-state index < -0.39 is 0 Å². The highest BCUT2D eigenvalue weighted by molar-refractivity contribution is 6.11. The van der Waals surface area contributed by atoms with Gasteiger partial charge in [-0.3, -0.25) is 9.59 Å². The molecule has 0 aliphatic rings. The first-order chi connectivity index (χ1) is 16.0. The van der Waals surface area contributed by atoms with E-state index in [2.05, 4.69) is 11.4 Å². The molecular weight excluding hydrogens is 419 g/mol. The number of rotatable bonds is 7. The molecule has 6 heteroatoms. The Morgan fingerprint density at radius 1 is 1.00 bits per heavy atom. The Morgan fingerprint density at radius 2 is 1.73 bits per heavy atom. The lowest BCUT2D eigenvalue weighted by Gasteiger charge is -2.06. The molecule has 0 atom stereocenters. The van der Waals surface area contributed by atoms with Gasteiger partial charge >= 0.3 is 0 Å². The van der Waals surface area contributed by atoms with Crippen molar-refractivity contribution in [1.82, 2.24) is 5.32 Å². The lowest BCUT2D eigenvalue weighted by atomic mass is 9.97. The fraction of sp³-hybridized carbons (Fsp3) is 0.148. The van der Waals surface area contributed by atoms with Crippen LogP contribution in [0.4, 0.5) is 4.39 Å². The summed E-state index contributed by atoms with van der Waals surface area (Å²) in [7, 11) is 1.54. The molecule has 0 fully saturated rings. The van der Waals surface area contributed by atoms with Crippen LogP contribution in [0.1, 0.15) is 40.0 Å². The molecule has 0 bridgehead atoms. The molecule has 0 saturated carbocycles. The summed E-state index contributed by atoms with van der Waals surface area (Å²) in [5, 5.41) is 12.0. The summed E-state index contributed by atoms with van der Waals surface area (Å²) in [6.07, 6.45) is 1.20. The lowest BCUT2D eigenvalue weighted by Crippen LogP contribution is -2.18. The van der Waals surface area contributed by atoms with Gasteiger partial charge in [-0.15, -0.1) is 0 Å². The number of halogens is 1. The van der Waals surface area contributed by atoms with Crippen molar-refractivity contribution in [1.29, 1.82) is 5.26 Å². The zero-order chi connectivity index (χ0) is 23.4. The molecule has 33 heavy (non-hydrogen) atoms. The van der Waals surface area contributed by atoms with Crippen LogP contribution in [0, 0.1) is 17.1 Å². The second-order valence-corrected chi connectivity index (χ2v) is 7.62. The van der Waals surface area contributed by atoms with Crippen LogP contribution < -0.4 is 5.32 Å². The standard InChI is InChI=1S/C27H21FN2O3/c1-30-27(32)25-22-16-19(18-5-4-6-20(15-18)23(31)7-2-3-14-29)10-13-24(22)33-26(25)17-8-11-21(28)12-9-17/h4-6,8-13,15-16H,2-3,7H2,1H3,(H,30,32). The summed E-state index contributed by atoms with van der Waals surface area (Å²) >= 11 is 0. The maximum absolute atomic E-state index is 13.4. The summed E-state index contributed by atoms with van der Waals surface area (Å²) in [6, 6.07) is 20.6. The molecule has 3 aromatic carbocycles. The van der Waals surface area contributed by atoms with Gasteiger partial charge in [-0.2, -0.15) is 5.26 Å². The first-order valence-electron chi connectivity index (χ1n) is 10.6. The number of carbonyl (C=O) groups excluding carboxylic acids is 2. The highest BCUT2D eigenvalue weighted by Crippen LogP contribution is 2.36. The maximum atomic E-state index is 13.4. The minimum absolute atomic E-state index is 0.0128. The molecule has 1 aromatic heterocycles. The van der Waals surface area contributed by atoms with Gasteiger partial charge in [0.05, 0.1) is 11.6 Å². The van der Waals surface area contributed by atoms with Gasteiger partial charge in [0.15, 0.2) is 5.78 Å². The van der Waals surface area contributed by atoms with Crippen LogP contribution >= 0.6 is 0 Å². The van der Waals surface area contributed by atoms with Crippen molar-refractivity contribution in [3.8, 4) is 28.5 Å². The normalized spacial score (nSPS) is 10.7. The Balaban J connectivity index is 1.78. The summed E-state index contributed by atoms with van der Waals surface area (Å²) in [5.41, 5.74) is 3.72. The molecule has 164 valence electrons. The minimum Gasteiger partial charge on any atom is -0.455 e. The quantitative estimate of drug-likeness (QED) is 0.276. The number of carbonyl (C=O) groups is 2. The largest absolute Gasteiger partial charge is 0.455 e. The minimum atomic E-state index is -0.374. The van der Waals surface area contributed by atoms with Gasteiger partial charge in [0.25, 0.3) is 5.91 Å². The van der Waals surface area contributed by atoms with Crippen molar-refractivity contribution in [2.45, 2.75) is 19.3 Å². The zero-order valence-corrected chi connectivity index (χ0v) is 18.0. The van der Waals surface area contributed by atoms with Crippen molar-refractivity contribution in [3.05, 3.63) is 83.7 Å². The molecule has 0 aliphatic heterocycles. The number of amides is 1. The Kier molecular flexibility index (Phi) is 6.32. The number of benzene rings is 3. The Morgan fingerprint density at radius 3 is 2.45 bits per heavy atom. The van der Waals surface area contributed by atoms with E-state index >= 15 is 0 Å². The maximum Gasteiger partial charge on any atom is 0.255 e. The Hall–Kier alpha value is -4.24. The van der Waals surface area contributed by atoms with Crippen molar-refractivity contribution in [2.75, 3.05) is 7.05 Å². The molecule has 0 spiro atoms. The van der Waals surface area contributed by atoms with E-state index in [0.717, 1.165) is 11.1 Å². The molecule has 0 radical (unpaired) electrons. The third kappa shape index (κ3) is 4.53. The van der Waals surface area contributed by atoms with E-state index in [1.54, 1.807) is 31.3 Å². The predicted molar refractivity (Wildman–Crippen MR) is 124 cm³/mol. The number of nitrogens with one attached hydrogen (secondary N) is 1. The monoisotopic (exact) mass is 440 g/mol. The number of hydrogen-bond acceptors (Lipinski definition) is 4. The summed E-state index contributed by atoms with van der Waals surface area (Å²) in [4.78, 5) is 25.2. The average molecular weight is 440 g/mol. The van der Waals surface area contributed by atoms with E-state index in [1.807, 2.05) is 30.3 Å². The average Bonchev–Trinajstić information content (AvgIpc) is 3.23. The third-order valence-electron chi connectivity index (χ3n) is 5.46. The summed E-state index contributed by atoms with van der Waals surface area (Å²) in [5.74, 6) is -0.337. The fourth-order valence-electron chi connectivity index (χ4n) is 3.78. The number of furan rings is 1. The number of nitrogens with zero attached hydrogens (tertiary/aromatic N) is 1. The molecule has 0 aliphatic carbocycles. The molecule has 1 N–H and O–H groups in total. The second kappa shape index (κ2) is 9.49. The first kappa shape index (κ1) is 22.0. The molecule has 0 unspecified atom stereocenters. The van der Waals surface area contributed by atoms with Gasteiger partial charge in [-0.1, -0.05) is 24.3 Å². The number of fused-ring (bicyclic) bond motifs is 1. The molecule has 4 rings (SSSR count). The second-order valence-electron chi connectivity index (χ2n) is 7.62. The number of unbranched alkanes of at least 4 members (excludes halogenated alkanes) is 1. The molecular formula is C27H21FN2O3. The van der Waals surface area contributed by atoms with Crippen LogP contribution in [0.3, 0.4) is 0 Å². The fourth-order valence-corrected chi connectivity index (χ4v) is 3.78. The van der Waals surface area contributed by atoms with E-state index in [-0.39, 0.29) is 17.5 Å². The van der Waals surface area contributed by atoms with Gasteiger partial charge < -0.3 is 9.73 Å². The molecule has 5 nitrogen and oxygen atoms in total. The SMILES string of the molecule is CNC(=O)c1c(-c2ccc(F)cc2)oc2ccc(-c3cccc(C(=O)CCCC#N)c3)cc12.